The Morgan fingerprint density at radius 3 is 2.22 bits per heavy atom. The summed E-state index contributed by atoms with van der Waals surface area (Å²) in [6.07, 6.45) is 4.92. The Morgan fingerprint density at radius 1 is 0.915 bits per heavy atom. The van der Waals surface area contributed by atoms with Gasteiger partial charge in [0, 0.05) is 67.2 Å². The van der Waals surface area contributed by atoms with E-state index < -0.39 is 45.8 Å². The first-order chi connectivity index (χ1) is 28.1. The molecule has 1 aliphatic heterocycles. The Labute approximate surface area is 342 Å². The summed E-state index contributed by atoms with van der Waals surface area (Å²) in [5.41, 5.74) is 2.62. The van der Waals surface area contributed by atoms with Crippen molar-refractivity contribution in [1.29, 1.82) is 0 Å². The fourth-order valence-corrected chi connectivity index (χ4v) is 8.45. The van der Waals surface area contributed by atoms with Crippen LogP contribution in [0.4, 0.5) is 15.3 Å². The van der Waals surface area contributed by atoms with Gasteiger partial charge in [-0.25, -0.2) is 22.7 Å². The minimum Gasteiger partial charge on any atom is -0.465 e. The lowest BCUT2D eigenvalue weighted by Gasteiger charge is -2.30. The van der Waals surface area contributed by atoms with Crippen molar-refractivity contribution in [3.63, 3.8) is 0 Å². The Kier molecular flexibility index (Phi) is 13.6. The number of ether oxygens (including phenoxy) is 1. The third kappa shape index (κ3) is 12.0. The van der Waals surface area contributed by atoms with E-state index in [1.807, 2.05) is 12.1 Å². The maximum Gasteiger partial charge on any atom is 0.407 e. The van der Waals surface area contributed by atoms with E-state index in [-0.39, 0.29) is 42.1 Å². The van der Waals surface area contributed by atoms with Crippen LogP contribution in [0.1, 0.15) is 64.9 Å². The van der Waals surface area contributed by atoms with E-state index in [1.165, 1.54) is 17.2 Å². The number of likely N-dealkylation sites (tertiary alicyclic amines) is 1. The molecule has 0 bridgehead atoms. The van der Waals surface area contributed by atoms with Crippen LogP contribution in [0.15, 0.2) is 71.9 Å². The summed E-state index contributed by atoms with van der Waals surface area (Å²) in [5.74, 6) is -0.326. The highest BCUT2D eigenvalue weighted by atomic mass is 32.2. The maximum absolute atomic E-state index is 13.8. The zero-order valence-corrected chi connectivity index (χ0v) is 34.0. The van der Waals surface area contributed by atoms with Gasteiger partial charge in [-0.05, 0) is 112 Å². The number of aromatic nitrogens is 5. The average Bonchev–Trinajstić information content (AvgIpc) is 3.75. The fraction of sp³-hybridized carbons (Fsp3) is 0.450. The number of carboxylic acid groups (broad SMARTS) is 1. The molecule has 2 fully saturated rings. The van der Waals surface area contributed by atoms with Crippen LogP contribution >= 0.6 is 0 Å². The number of H-pyrrole nitrogens is 1. The number of rotatable bonds is 13. The molecule has 3 heterocycles. The Bertz CT molecular complexity index is 2180. The van der Waals surface area contributed by atoms with Gasteiger partial charge in [-0.3, -0.25) is 14.6 Å². The second kappa shape index (κ2) is 18.8. The van der Waals surface area contributed by atoms with Crippen LogP contribution in [-0.4, -0.2) is 105 Å². The number of alkyl carbamates (subject to hydrolysis) is 1. The molecule has 6 N–H and O–H groups in total. The molecule has 6 rings (SSSR count). The van der Waals surface area contributed by atoms with Crippen molar-refractivity contribution in [2.24, 2.45) is 11.8 Å². The molecule has 1 saturated carbocycles. The van der Waals surface area contributed by atoms with Gasteiger partial charge in [0.15, 0.2) is 0 Å². The minimum atomic E-state index is -3.93. The smallest absolute Gasteiger partial charge is 0.407 e. The molecule has 1 saturated heterocycles. The van der Waals surface area contributed by atoms with Crippen LogP contribution in [0, 0.1) is 11.8 Å². The summed E-state index contributed by atoms with van der Waals surface area (Å²) in [6.45, 7) is 6.36. The number of nitrogens with zero attached hydrogens (tertiary/aromatic N) is 5. The highest BCUT2D eigenvalue weighted by Crippen LogP contribution is 2.29. The van der Waals surface area contributed by atoms with E-state index >= 15 is 0 Å². The summed E-state index contributed by atoms with van der Waals surface area (Å²) >= 11 is 0. The molecule has 19 heteroatoms. The number of pyridine rings is 1. The zero-order chi connectivity index (χ0) is 42.2. The van der Waals surface area contributed by atoms with Crippen molar-refractivity contribution < 1.29 is 37.4 Å². The highest BCUT2D eigenvalue weighted by molar-refractivity contribution is 7.89. The van der Waals surface area contributed by atoms with Crippen LogP contribution in [0.25, 0.3) is 22.5 Å². The van der Waals surface area contributed by atoms with E-state index in [0.717, 1.165) is 18.4 Å². The van der Waals surface area contributed by atoms with Crippen molar-refractivity contribution >= 4 is 39.7 Å². The van der Waals surface area contributed by atoms with E-state index in [1.54, 1.807) is 63.4 Å². The van der Waals surface area contributed by atoms with E-state index in [4.69, 9.17) is 4.74 Å². The summed E-state index contributed by atoms with van der Waals surface area (Å²) in [4.78, 5) is 56.4. The normalized spacial score (nSPS) is 18.1. The second-order valence-corrected chi connectivity index (χ2v) is 17.7. The number of amides is 4. The van der Waals surface area contributed by atoms with Gasteiger partial charge in [0.2, 0.25) is 27.7 Å². The molecule has 18 nitrogen and oxygen atoms in total. The third-order valence-corrected chi connectivity index (χ3v) is 11.9. The number of nitrogens with one attached hydrogen (secondary N) is 5. The standard InChI is InChI=1S/C40H50N10O8S/c1-40(2,3)58-38(53)42-22-26-6-10-29(11-7-26)36(51)44-34(37(52)43-31-14-12-28(13-15-31)35-45-48-49-46-35)20-25-4-8-27(9-5-25)30-21-33(24-41-23-30)59(56,57)47-32-16-18-50(19-17-32)39(54)55/h4-5,8-9,12-15,21,23-24,26,29,32,34,47H,6-7,10-11,16-20,22H2,1-3H3,(H,42,53)(H,43,52)(H,44,51)(H,54,55)(H,45,46,48,49)/t26?,29?,34-/m0/s1. The van der Waals surface area contributed by atoms with Crippen molar-refractivity contribution in [3.8, 4) is 22.5 Å². The molecular formula is C40H50N10O8S. The molecule has 0 spiro atoms. The highest BCUT2D eigenvalue weighted by Gasteiger charge is 2.31. The predicted octanol–water partition coefficient (Wildman–Crippen LogP) is 4.35. The monoisotopic (exact) mass is 830 g/mol. The van der Waals surface area contributed by atoms with E-state index in [0.29, 0.717) is 60.4 Å². The first-order valence-corrected chi connectivity index (χ1v) is 21.1. The first-order valence-electron chi connectivity index (χ1n) is 19.6. The van der Waals surface area contributed by atoms with E-state index in [9.17, 15) is 32.7 Å². The summed E-state index contributed by atoms with van der Waals surface area (Å²) in [5, 5.41) is 31.9. The minimum absolute atomic E-state index is 0.0159. The Morgan fingerprint density at radius 2 is 1.59 bits per heavy atom. The van der Waals surface area contributed by atoms with Crippen molar-refractivity contribution in [1.82, 2.24) is 45.9 Å². The van der Waals surface area contributed by atoms with Gasteiger partial charge in [-0.15, -0.1) is 10.2 Å². The van der Waals surface area contributed by atoms with Crippen molar-refractivity contribution in [2.45, 2.75) is 88.3 Å². The van der Waals surface area contributed by atoms with E-state index in [2.05, 4.69) is 46.3 Å². The maximum atomic E-state index is 13.8. The first kappa shape index (κ1) is 42.7. The number of benzene rings is 2. The number of hydrogen-bond acceptors (Lipinski definition) is 11. The summed E-state index contributed by atoms with van der Waals surface area (Å²) < 4.78 is 34.6. The van der Waals surface area contributed by atoms with Gasteiger partial charge in [0.25, 0.3) is 0 Å². The molecule has 1 atom stereocenters. The van der Waals surface area contributed by atoms with Crippen molar-refractivity contribution in [3.05, 3.63) is 72.6 Å². The van der Waals surface area contributed by atoms with Crippen LogP contribution in [0.3, 0.4) is 0 Å². The van der Waals surface area contributed by atoms with Gasteiger partial charge in [-0.1, -0.05) is 24.3 Å². The van der Waals surface area contributed by atoms with Gasteiger partial charge in [0.05, 0.1) is 0 Å². The van der Waals surface area contributed by atoms with Gasteiger partial charge >= 0.3 is 12.2 Å². The van der Waals surface area contributed by atoms with Gasteiger partial charge in [0.1, 0.15) is 16.5 Å². The lowest BCUT2D eigenvalue weighted by atomic mass is 9.81. The number of carbonyl (C=O) groups excluding carboxylic acids is 3. The summed E-state index contributed by atoms with van der Waals surface area (Å²) in [6, 6.07) is 14.4. The number of carbonyl (C=O) groups is 4. The lowest BCUT2D eigenvalue weighted by Crippen LogP contribution is -2.48. The topological polar surface area (TPSA) is 251 Å². The third-order valence-electron chi connectivity index (χ3n) is 10.4. The number of anilines is 1. The quantitative estimate of drug-likeness (QED) is 0.110. The number of hydrogen-bond donors (Lipinski definition) is 6. The second-order valence-electron chi connectivity index (χ2n) is 15.9. The number of piperidine rings is 1. The van der Waals surface area contributed by atoms with Crippen LogP contribution in [-0.2, 0) is 30.8 Å². The van der Waals surface area contributed by atoms with Gasteiger partial charge < -0.3 is 30.7 Å². The van der Waals surface area contributed by atoms with Crippen LogP contribution in [0.5, 0.6) is 0 Å². The molecule has 2 aromatic carbocycles. The fourth-order valence-electron chi connectivity index (χ4n) is 7.15. The Balaban J connectivity index is 1.11. The SMILES string of the molecule is CC(C)(C)OC(=O)NCC1CCC(C(=O)N[C@@H](Cc2ccc(-c3cncc(S(=O)(=O)NC4CCN(C(=O)O)CC4)c3)cc2)C(=O)Nc2ccc(-c3nn[nH]n3)cc2)CC1. The largest absolute Gasteiger partial charge is 0.465 e. The zero-order valence-electron chi connectivity index (χ0n) is 33.2. The molecule has 4 amide bonds. The molecule has 2 aliphatic rings. The molecule has 0 radical (unpaired) electrons. The number of sulfonamides is 1. The molecule has 1 aliphatic carbocycles. The van der Waals surface area contributed by atoms with Crippen molar-refractivity contribution in [2.75, 3.05) is 25.0 Å². The molecule has 2 aromatic heterocycles. The number of tetrazole rings is 1. The summed E-state index contributed by atoms with van der Waals surface area (Å²) in [7, 11) is -3.93. The molecule has 314 valence electrons. The lowest BCUT2D eigenvalue weighted by molar-refractivity contribution is -0.130. The average molecular weight is 831 g/mol. The Hall–Kier alpha value is -5.95. The number of aromatic amines is 1. The van der Waals surface area contributed by atoms with Crippen LogP contribution in [0.2, 0.25) is 0 Å². The molecule has 4 aromatic rings. The predicted molar refractivity (Wildman–Crippen MR) is 216 cm³/mol. The molecule has 0 unspecified atom stereocenters. The molecular weight excluding hydrogens is 781 g/mol. The molecule has 59 heavy (non-hydrogen) atoms. The van der Waals surface area contributed by atoms with Gasteiger partial charge in [-0.2, -0.15) is 5.21 Å². The van der Waals surface area contributed by atoms with Crippen LogP contribution < -0.4 is 20.7 Å².